The third kappa shape index (κ3) is 3.38. The summed E-state index contributed by atoms with van der Waals surface area (Å²) in [6.07, 6.45) is -0.107. The number of rotatable bonds is 3. The lowest BCUT2D eigenvalue weighted by molar-refractivity contribution is -0.127. The first-order valence-electron chi connectivity index (χ1n) is 6.08. The van der Waals surface area contributed by atoms with Crippen molar-refractivity contribution in [3.05, 3.63) is 29.8 Å². The first-order chi connectivity index (χ1) is 9.92. The van der Waals surface area contributed by atoms with Crippen molar-refractivity contribution in [1.82, 2.24) is 4.90 Å². The second-order valence-corrected chi connectivity index (χ2v) is 5.56. The standard InChI is InChI=1S/C13H13F2N3O2S/c1-16-13-18(2)12(20)10(21-13)6-11(19)17-9-4-3-7(14)5-8(9)15/h3-5,10H,6H2,1-2H3,(H,17,19)/t10-/m1/s1. The van der Waals surface area contributed by atoms with E-state index >= 15 is 0 Å². The second kappa shape index (κ2) is 6.21. The third-order valence-electron chi connectivity index (χ3n) is 2.91. The number of halogens is 2. The van der Waals surface area contributed by atoms with Crippen molar-refractivity contribution in [3.63, 3.8) is 0 Å². The molecule has 0 radical (unpaired) electrons. The number of aliphatic imine (C=N–C) groups is 1. The van der Waals surface area contributed by atoms with Gasteiger partial charge in [-0.2, -0.15) is 0 Å². The molecule has 0 saturated carbocycles. The van der Waals surface area contributed by atoms with Crippen LogP contribution in [0.5, 0.6) is 0 Å². The molecule has 1 atom stereocenters. The van der Waals surface area contributed by atoms with Crippen molar-refractivity contribution >= 4 is 34.4 Å². The summed E-state index contributed by atoms with van der Waals surface area (Å²) < 4.78 is 26.2. The van der Waals surface area contributed by atoms with E-state index in [-0.39, 0.29) is 18.0 Å². The smallest absolute Gasteiger partial charge is 0.242 e. The number of nitrogens with zero attached hydrogens (tertiary/aromatic N) is 2. The summed E-state index contributed by atoms with van der Waals surface area (Å²) in [6.45, 7) is 0. The SMILES string of the molecule is CN=C1S[C@H](CC(=O)Nc2ccc(F)cc2F)C(=O)N1C. The normalized spacial score (nSPS) is 20.2. The van der Waals surface area contributed by atoms with Gasteiger partial charge in [-0.05, 0) is 12.1 Å². The number of benzene rings is 1. The summed E-state index contributed by atoms with van der Waals surface area (Å²) in [5.41, 5.74) is -0.116. The van der Waals surface area contributed by atoms with E-state index in [1.807, 2.05) is 0 Å². The minimum Gasteiger partial charge on any atom is -0.324 e. The van der Waals surface area contributed by atoms with Gasteiger partial charge in [-0.25, -0.2) is 8.78 Å². The van der Waals surface area contributed by atoms with Crippen LogP contribution >= 0.6 is 11.8 Å². The highest BCUT2D eigenvalue weighted by Gasteiger charge is 2.36. The summed E-state index contributed by atoms with van der Waals surface area (Å²) in [7, 11) is 3.14. The lowest BCUT2D eigenvalue weighted by atomic mass is 10.2. The molecule has 1 fully saturated rings. The van der Waals surface area contributed by atoms with E-state index in [1.54, 1.807) is 14.1 Å². The lowest BCUT2D eigenvalue weighted by Gasteiger charge is -2.09. The van der Waals surface area contributed by atoms with Crippen LogP contribution in [-0.2, 0) is 9.59 Å². The average molecular weight is 313 g/mol. The van der Waals surface area contributed by atoms with Crippen LogP contribution < -0.4 is 5.32 Å². The van der Waals surface area contributed by atoms with E-state index < -0.39 is 22.8 Å². The molecule has 2 amide bonds. The van der Waals surface area contributed by atoms with E-state index in [2.05, 4.69) is 10.3 Å². The summed E-state index contributed by atoms with van der Waals surface area (Å²) in [6, 6.07) is 2.86. The molecule has 1 N–H and O–H groups in total. The number of anilines is 1. The Morgan fingerprint density at radius 3 is 2.76 bits per heavy atom. The molecule has 1 saturated heterocycles. The van der Waals surface area contributed by atoms with Gasteiger partial charge in [-0.3, -0.25) is 19.5 Å². The van der Waals surface area contributed by atoms with Crippen LogP contribution in [-0.4, -0.2) is 41.2 Å². The number of amidine groups is 1. The number of carbonyl (C=O) groups excluding carboxylic acids is 2. The van der Waals surface area contributed by atoms with Crippen molar-refractivity contribution in [2.24, 2.45) is 4.99 Å². The van der Waals surface area contributed by atoms with E-state index in [1.165, 1.54) is 16.7 Å². The Labute approximate surface area is 124 Å². The fraction of sp³-hybridized carbons (Fsp3) is 0.308. The molecule has 2 rings (SSSR count). The molecule has 0 spiro atoms. The van der Waals surface area contributed by atoms with Gasteiger partial charge in [0.1, 0.15) is 16.9 Å². The summed E-state index contributed by atoms with van der Waals surface area (Å²) in [5.74, 6) is -2.33. The van der Waals surface area contributed by atoms with E-state index in [9.17, 15) is 18.4 Å². The maximum atomic E-state index is 13.4. The first kappa shape index (κ1) is 15.4. The molecule has 8 heteroatoms. The van der Waals surface area contributed by atoms with Crippen LogP contribution in [0.1, 0.15) is 6.42 Å². The van der Waals surface area contributed by atoms with E-state index in [0.717, 1.165) is 12.1 Å². The van der Waals surface area contributed by atoms with Crippen molar-refractivity contribution in [1.29, 1.82) is 0 Å². The molecule has 0 aliphatic carbocycles. The number of hydrogen-bond donors (Lipinski definition) is 1. The van der Waals surface area contributed by atoms with Crippen LogP contribution in [0, 0.1) is 11.6 Å². The van der Waals surface area contributed by atoms with Crippen molar-refractivity contribution in [2.45, 2.75) is 11.7 Å². The molecule has 1 aromatic rings. The Kier molecular flexibility index (Phi) is 4.56. The number of nitrogens with one attached hydrogen (secondary N) is 1. The molecular weight excluding hydrogens is 300 g/mol. The predicted octanol–water partition coefficient (Wildman–Crippen LogP) is 1.85. The Hall–Kier alpha value is -1.96. The summed E-state index contributed by atoms with van der Waals surface area (Å²) in [5, 5.41) is 2.28. The Morgan fingerprint density at radius 1 is 1.48 bits per heavy atom. The van der Waals surface area contributed by atoms with Crippen LogP contribution in [0.2, 0.25) is 0 Å². The zero-order chi connectivity index (χ0) is 15.6. The zero-order valence-corrected chi connectivity index (χ0v) is 12.2. The molecule has 112 valence electrons. The van der Waals surface area contributed by atoms with Crippen molar-refractivity contribution in [2.75, 3.05) is 19.4 Å². The number of amides is 2. The second-order valence-electron chi connectivity index (χ2n) is 4.39. The van der Waals surface area contributed by atoms with Crippen molar-refractivity contribution < 1.29 is 18.4 Å². The molecule has 1 heterocycles. The van der Waals surface area contributed by atoms with Crippen LogP contribution in [0.25, 0.3) is 0 Å². The highest BCUT2D eigenvalue weighted by Crippen LogP contribution is 2.28. The van der Waals surface area contributed by atoms with Gasteiger partial charge in [0.05, 0.1) is 5.69 Å². The third-order valence-corrected chi connectivity index (χ3v) is 4.23. The fourth-order valence-electron chi connectivity index (χ4n) is 1.86. The van der Waals surface area contributed by atoms with Gasteiger partial charge in [0.15, 0.2) is 5.17 Å². The molecule has 1 aromatic carbocycles. The number of carbonyl (C=O) groups is 2. The molecule has 1 aliphatic heterocycles. The van der Waals surface area contributed by atoms with Gasteiger partial charge in [-0.15, -0.1) is 0 Å². The Morgan fingerprint density at radius 2 is 2.19 bits per heavy atom. The van der Waals surface area contributed by atoms with Gasteiger partial charge >= 0.3 is 0 Å². The highest BCUT2D eigenvalue weighted by molar-refractivity contribution is 8.15. The molecule has 1 aliphatic rings. The molecule has 0 aromatic heterocycles. The van der Waals surface area contributed by atoms with Gasteiger partial charge < -0.3 is 5.32 Å². The number of hydrogen-bond acceptors (Lipinski definition) is 4. The minimum absolute atomic E-state index is 0.107. The Bertz CT molecular complexity index is 621. The van der Waals surface area contributed by atoms with Gasteiger partial charge in [0, 0.05) is 26.6 Å². The van der Waals surface area contributed by atoms with Crippen molar-refractivity contribution in [3.8, 4) is 0 Å². The molecule has 0 unspecified atom stereocenters. The summed E-state index contributed by atoms with van der Waals surface area (Å²) >= 11 is 1.18. The molecule has 0 bridgehead atoms. The molecule has 21 heavy (non-hydrogen) atoms. The topological polar surface area (TPSA) is 61.8 Å². The quantitative estimate of drug-likeness (QED) is 0.926. The van der Waals surface area contributed by atoms with Crippen LogP contribution in [0.3, 0.4) is 0 Å². The zero-order valence-electron chi connectivity index (χ0n) is 11.4. The summed E-state index contributed by atoms with van der Waals surface area (Å²) in [4.78, 5) is 29.1. The molecule has 5 nitrogen and oxygen atoms in total. The van der Waals surface area contributed by atoms with Crippen LogP contribution in [0.4, 0.5) is 14.5 Å². The minimum atomic E-state index is -0.860. The Balaban J connectivity index is 2.01. The van der Waals surface area contributed by atoms with Gasteiger partial charge in [-0.1, -0.05) is 11.8 Å². The van der Waals surface area contributed by atoms with E-state index in [4.69, 9.17) is 0 Å². The maximum absolute atomic E-state index is 13.4. The number of thioether (sulfide) groups is 1. The maximum Gasteiger partial charge on any atom is 0.242 e. The monoisotopic (exact) mass is 313 g/mol. The molecular formula is C13H13F2N3O2S. The largest absolute Gasteiger partial charge is 0.324 e. The first-order valence-corrected chi connectivity index (χ1v) is 6.96. The highest BCUT2D eigenvalue weighted by atomic mass is 32.2. The fourth-order valence-corrected chi connectivity index (χ4v) is 2.96. The predicted molar refractivity (Wildman–Crippen MR) is 77.1 cm³/mol. The van der Waals surface area contributed by atoms with Gasteiger partial charge in [0.25, 0.3) is 0 Å². The average Bonchev–Trinajstić information content (AvgIpc) is 2.70. The lowest BCUT2D eigenvalue weighted by Crippen LogP contribution is -2.30. The van der Waals surface area contributed by atoms with Gasteiger partial charge in [0.2, 0.25) is 11.8 Å². The van der Waals surface area contributed by atoms with Crippen LogP contribution in [0.15, 0.2) is 23.2 Å². The van der Waals surface area contributed by atoms with E-state index in [0.29, 0.717) is 11.2 Å².